The second kappa shape index (κ2) is 7.67. The summed E-state index contributed by atoms with van der Waals surface area (Å²) in [5.41, 5.74) is 7.78. The highest BCUT2D eigenvalue weighted by atomic mass is 35.5. The summed E-state index contributed by atoms with van der Waals surface area (Å²) in [6, 6.07) is 11.4. The van der Waals surface area contributed by atoms with E-state index in [1.165, 1.54) is 24.8 Å². The van der Waals surface area contributed by atoms with E-state index in [9.17, 15) is 4.79 Å². The third-order valence-corrected chi connectivity index (χ3v) is 6.89. The summed E-state index contributed by atoms with van der Waals surface area (Å²) in [6.45, 7) is 3.11. The van der Waals surface area contributed by atoms with Crippen LogP contribution in [-0.2, 0) is 4.79 Å². The van der Waals surface area contributed by atoms with Gasteiger partial charge in [0.15, 0.2) is 0 Å². The van der Waals surface area contributed by atoms with Crippen LogP contribution in [0.3, 0.4) is 0 Å². The van der Waals surface area contributed by atoms with Gasteiger partial charge in [-0.05, 0) is 56.4 Å². The van der Waals surface area contributed by atoms with E-state index in [2.05, 4.69) is 42.2 Å². The number of benzene rings is 1. The summed E-state index contributed by atoms with van der Waals surface area (Å²) in [6.07, 6.45) is 6.90. The highest BCUT2D eigenvalue weighted by molar-refractivity contribution is 5.85. The van der Waals surface area contributed by atoms with Gasteiger partial charge in [0, 0.05) is 30.5 Å². The fourth-order valence-electron chi connectivity index (χ4n) is 5.53. The van der Waals surface area contributed by atoms with Crippen LogP contribution < -0.4 is 5.73 Å². The number of fused-ring (bicyclic) bond motifs is 2. The Balaban J connectivity index is 0.00000182. The molecule has 138 valence electrons. The van der Waals surface area contributed by atoms with E-state index in [4.69, 9.17) is 5.73 Å². The van der Waals surface area contributed by atoms with Gasteiger partial charge >= 0.3 is 0 Å². The van der Waals surface area contributed by atoms with Crippen molar-refractivity contribution in [3.05, 3.63) is 35.9 Å². The molecule has 2 aliphatic carbocycles. The fourth-order valence-corrected chi connectivity index (χ4v) is 5.53. The van der Waals surface area contributed by atoms with Gasteiger partial charge in [-0.3, -0.25) is 4.79 Å². The van der Waals surface area contributed by atoms with Crippen LogP contribution in [0.4, 0.5) is 0 Å². The zero-order chi connectivity index (χ0) is 16.7. The van der Waals surface area contributed by atoms with Crippen molar-refractivity contribution in [2.24, 2.45) is 23.5 Å². The largest absolute Gasteiger partial charge is 0.339 e. The number of hydrogen-bond acceptors (Lipinski definition) is 2. The summed E-state index contributed by atoms with van der Waals surface area (Å²) in [5, 5.41) is 0. The molecule has 1 heterocycles. The van der Waals surface area contributed by atoms with Crippen molar-refractivity contribution in [3.63, 3.8) is 0 Å². The summed E-state index contributed by atoms with van der Waals surface area (Å²) in [5.74, 6) is 2.28. The molecule has 2 bridgehead atoms. The van der Waals surface area contributed by atoms with Crippen LogP contribution in [0.25, 0.3) is 0 Å². The molecule has 1 aliphatic heterocycles. The van der Waals surface area contributed by atoms with Crippen LogP contribution in [0.5, 0.6) is 0 Å². The first-order chi connectivity index (χ1) is 11.6. The van der Waals surface area contributed by atoms with Crippen LogP contribution in [-0.4, -0.2) is 29.4 Å². The molecule has 4 rings (SSSR count). The lowest BCUT2D eigenvalue weighted by Crippen LogP contribution is -2.50. The lowest BCUT2D eigenvalue weighted by Gasteiger charge is -2.44. The lowest BCUT2D eigenvalue weighted by atomic mass is 9.65. The average Bonchev–Trinajstić information content (AvgIpc) is 2.97. The molecule has 3 nitrogen and oxygen atoms in total. The minimum absolute atomic E-state index is 0. The minimum atomic E-state index is 0. The monoisotopic (exact) mass is 362 g/mol. The van der Waals surface area contributed by atoms with Crippen molar-refractivity contribution in [2.75, 3.05) is 6.54 Å². The van der Waals surface area contributed by atoms with Gasteiger partial charge in [-0.25, -0.2) is 0 Å². The molecule has 1 amide bonds. The van der Waals surface area contributed by atoms with E-state index in [-0.39, 0.29) is 18.3 Å². The average molecular weight is 363 g/mol. The molecule has 1 aromatic rings. The molecule has 4 heteroatoms. The van der Waals surface area contributed by atoms with Crippen LogP contribution in [0.15, 0.2) is 30.3 Å². The first-order valence-corrected chi connectivity index (χ1v) is 9.74. The van der Waals surface area contributed by atoms with Crippen LogP contribution in [0.1, 0.15) is 56.9 Å². The zero-order valence-electron chi connectivity index (χ0n) is 15.1. The summed E-state index contributed by atoms with van der Waals surface area (Å²) in [7, 11) is 0. The third-order valence-electron chi connectivity index (χ3n) is 6.89. The number of carbonyl (C=O) groups is 1. The highest BCUT2D eigenvalue weighted by Crippen LogP contribution is 2.43. The van der Waals surface area contributed by atoms with E-state index >= 15 is 0 Å². The summed E-state index contributed by atoms with van der Waals surface area (Å²) in [4.78, 5) is 15.4. The minimum Gasteiger partial charge on any atom is -0.339 e. The molecule has 0 spiro atoms. The van der Waals surface area contributed by atoms with Gasteiger partial charge in [-0.1, -0.05) is 36.8 Å². The number of hydrogen-bond donors (Lipinski definition) is 1. The van der Waals surface area contributed by atoms with Crippen molar-refractivity contribution in [2.45, 2.75) is 63.5 Å². The lowest BCUT2D eigenvalue weighted by molar-refractivity contribution is -0.139. The molecule has 0 aromatic heterocycles. The molecule has 2 saturated carbocycles. The van der Waals surface area contributed by atoms with Gasteiger partial charge in [0.05, 0.1) is 0 Å². The third kappa shape index (κ3) is 3.59. The molecule has 25 heavy (non-hydrogen) atoms. The predicted octanol–water partition coefficient (Wildman–Crippen LogP) is 3.97. The van der Waals surface area contributed by atoms with Crippen molar-refractivity contribution in [1.29, 1.82) is 0 Å². The Kier molecular flexibility index (Phi) is 5.75. The van der Waals surface area contributed by atoms with Crippen molar-refractivity contribution < 1.29 is 4.79 Å². The van der Waals surface area contributed by atoms with E-state index < -0.39 is 0 Å². The Hall–Kier alpha value is -1.06. The fraction of sp³-hybridized carbons (Fsp3) is 0.667. The summed E-state index contributed by atoms with van der Waals surface area (Å²) >= 11 is 0. The Morgan fingerprint density at radius 1 is 1.08 bits per heavy atom. The number of likely N-dealkylation sites (tertiary alicyclic amines) is 1. The Morgan fingerprint density at radius 3 is 2.36 bits per heavy atom. The number of nitrogens with two attached hydrogens (primary N) is 1. The maximum absolute atomic E-state index is 13.2. The molecule has 1 saturated heterocycles. The van der Waals surface area contributed by atoms with E-state index in [0.29, 0.717) is 35.7 Å². The second-order valence-corrected chi connectivity index (χ2v) is 8.38. The van der Waals surface area contributed by atoms with Crippen molar-refractivity contribution in [3.8, 4) is 0 Å². The van der Waals surface area contributed by atoms with Crippen LogP contribution >= 0.6 is 12.4 Å². The van der Waals surface area contributed by atoms with Gasteiger partial charge < -0.3 is 10.6 Å². The van der Waals surface area contributed by atoms with E-state index in [0.717, 1.165) is 25.8 Å². The second-order valence-electron chi connectivity index (χ2n) is 8.38. The first kappa shape index (κ1) is 18.7. The maximum atomic E-state index is 13.2. The Labute approximate surface area is 157 Å². The molecular formula is C21H31ClN2O. The smallest absolute Gasteiger partial charge is 0.225 e. The maximum Gasteiger partial charge on any atom is 0.225 e. The molecule has 4 unspecified atom stereocenters. The summed E-state index contributed by atoms with van der Waals surface area (Å²) < 4.78 is 0. The molecule has 2 N–H and O–H groups in total. The van der Waals surface area contributed by atoms with Crippen molar-refractivity contribution in [1.82, 2.24) is 4.90 Å². The molecular weight excluding hydrogens is 332 g/mol. The number of halogens is 1. The predicted molar refractivity (Wildman–Crippen MR) is 104 cm³/mol. The van der Waals surface area contributed by atoms with Gasteiger partial charge in [0.2, 0.25) is 5.91 Å². The number of amides is 1. The number of carbonyl (C=O) groups excluding carboxylic acids is 1. The molecule has 3 aliphatic rings. The SMILES string of the molecule is CC1CC(c2ccccc2)CN1C(=O)C1CC2CCCC(C1)C2N.Cl. The van der Waals surface area contributed by atoms with Crippen LogP contribution in [0, 0.1) is 17.8 Å². The molecule has 0 radical (unpaired) electrons. The van der Waals surface area contributed by atoms with Gasteiger partial charge in [0.25, 0.3) is 0 Å². The number of nitrogens with zero attached hydrogens (tertiary/aromatic N) is 1. The standard InChI is InChI=1S/C21H30N2O.ClH/c1-14-10-19(15-6-3-2-4-7-15)13-23(14)21(24)18-11-16-8-5-9-17(12-18)20(16)22;/h2-4,6-7,14,16-20H,5,8-13,22H2,1H3;1H. The number of rotatable bonds is 2. The highest BCUT2D eigenvalue weighted by Gasteiger charge is 2.43. The first-order valence-electron chi connectivity index (χ1n) is 9.74. The molecule has 4 atom stereocenters. The topological polar surface area (TPSA) is 46.3 Å². The zero-order valence-corrected chi connectivity index (χ0v) is 16.0. The van der Waals surface area contributed by atoms with Crippen molar-refractivity contribution >= 4 is 18.3 Å². The Morgan fingerprint density at radius 2 is 1.72 bits per heavy atom. The van der Waals surface area contributed by atoms with Gasteiger partial charge in [-0.15, -0.1) is 12.4 Å². The van der Waals surface area contributed by atoms with E-state index in [1.807, 2.05) is 0 Å². The van der Waals surface area contributed by atoms with Gasteiger partial charge in [0.1, 0.15) is 0 Å². The van der Waals surface area contributed by atoms with E-state index in [1.54, 1.807) is 0 Å². The Bertz CT molecular complexity index is 579. The quantitative estimate of drug-likeness (QED) is 0.865. The molecule has 1 aromatic carbocycles. The molecule has 3 fully saturated rings. The van der Waals surface area contributed by atoms with Crippen LogP contribution in [0.2, 0.25) is 0 Å². The van der Waals surface area contributed by atoms with Gasteiger partial charge in [-0.2, -0.15) is 0 Å². The normalized spacial score (nSPS) is 37.4.